The maximum absolute atomic E-state index is 12.3. The van der Waals surface area contributed by atoms with Crippen molar-refractivity contribution in [1.82, 2.24) is 20.6 Å². The Balaban J connectivity index is 1.82. The van der Waals surface area contributed by atoms with Crippen molar-refractivity contribution in [3.63, 3.8) is 0 Å². The van der Waals surface area contributed by atoms with E-state index >= 15 is 0 Å². The van der Waals surface area contributed by atoms with E-state index < -0.39 is 41.2 Å². The summed E-state index contributed by atoms with van der Waals surface area (Å²) in [5, 5.41) is 15.1. The number of H-pyrrole nitrogens is 1. The number of furan rings is 1. The zero-order valence-electron chi connectivity index (χ0n) is 12.4. The van der Waals surface area contributed by atoms with Gasteiger partial charge in [-0.05, 0) is 12.1 Å². The minimum absolute atomic E-state index is 0.0125. The lowest BCUT2D eigenvalue weighted by Gasteiger charge is -2.29. The molecule has 2 aliphatic heterocycles. The van der Waals surface area contributed by atoms with Gasteiger partial charge in [0.1, 0.15) is 11.3 Å². The third-order valence-electron chi connectivity index (χ3n) is 4.75. The normalized spacial score (nSPS) is 31.9. The van der Waals surface area contributed by atoms with Crippen LogP contribution in [0, 0.1) is 11.8 Å². The van der Waals surface area contributed by atoms with Crippen molar-refractivity contribution >= 4 is 17.8 Å². The predicted octanol–water partition coefficient (Wildman–Crippen LogP) is -0.398. The topological polar surface area (TPSA) is 137 Å². The van der Waals surface area contributed by atoms with Gasteiger partial charge in [0.25, 0.3) is 0 Å². The van der Waals surface area contributed by atoms with E-state index in [0.717, 1.165) is 0 Å². The van der Waals surface area contributed by atoms with Gasteiger partial charge in [0.2, 0.25) is 11.8 Å². The molecule has 4 heterocycles. The van der Waals surface area contributed by atoms with Crippen LogP contribution in [0.15, 0.2) is 35.3 Å². The molecular formula is C15H14N4O5. The molecule has 2 saturated heterocycles. The van der Waals surface area contributed by atoms with Crippen LogP contribution in [0.2, 0.25) is 0 Å². The first-order valence-electron chi connectivity index (χ1n) is 7.39. The molecule has 4 N–H and O–H groups in total. The Bertz CT molecular complexity index is 800. The fourth-order valence-corrected chi connectivity index (χ4v) is 3.76. The number of aromatic amines is 1. The van der Waals surface area contributed by atoms with Crippen LogP contribution < -0.4 is 10.6 Å². The maximum atomic E-state index is 12.3. The smallest absolute Gasteiger partial charge is 0.325 e. The van der Waals surface area contributed by atoms with E-state index in [2.05, 4.69) is 20.6 Å². The van der Waals surface area contributed by atoms with Gasteiger partial charge in [-0.25, -0.2) is 4.98 Å². The molecule has 2 fully saturated rings. The molecular weight excluding hydrogens is 316 g/mol. The Morgan fingerprint density at radius 3 is 2.83 bits per heavy atom. The van der Waals surface area contributed by atoms with Gasteiger partial charge in [0, 0.05) is 18.3 Å². The minimum Gasteiger partial charge on any atom is -0.480 e. The van der Waals surface area contributed by atoms with Crippen molar-refractivity contribution in [3.05, 3.63) is 42.4 Å². The lowest BCUT2D eigenvalue weighted by atomic mass is 9.77. The summed E-state index contributed by atoms with van der Waals surface area (Å²) in [6.45, 7) is 0. The van der Waals surface area contributed by atoms with Crippen molar-refractivity contribution in [2.45, 2.75) is 18.0 Å². The number of carboxylic acids is 1. The van der Waals surface area contributed by atoms with E-state index in [0.29, 0.717) is 11.5 Å². The van der Waals surface area contributed by atoms with E-state index in [-0.39, 0.29) is 6.42 Å². The zero-order chi connectivity index (χ0) is 16.9. The second-order valence-electron chi connectivity index (χ2n) is 6.02. The Labute approximate surface area is 135 Å². The molecule has 24 heavy (non-hydrogen) atoms. The average molecular weight is 330 g/mol. The summed E-state index contributed by atoms with van der Waals surface area (Å²) in [4.78, 5) is 43.5. The van der Waals surface area contributed by atoms with Gasteiger partial charge in [-0.2, -0.15) is 0 Å². The first kappa shape index (κ1) is 14.6. The summed E-state index contributed by atoms with van der Waals surface area (Å²) in [7, 11) is 0. The van der Waals surface area contributed by atoms with Crippen LogP contribution in [-0.4, -0.2) is 38.4 Å². The quantitative estimate of drug-likeness (QED) is 0.560. The average Bonchev–Trinajstić information content (AvgIpc) is 3.29. The summed E-state index contributed by atoms with van der Waals surface area (Å²) < 4.78 is 5.35. The summed E-state index contributed by atoms with van der Waals surface area (Å²) in [5.74, 6) is -3.75. The number of imidazole rings is 1. The molecule has 2 amide bonds. The van der Waals surface area contributed by atoms with E-state index in [1.807, 2.05) is 0 Å². The number of hydrogen-bond acceptors (Lipinski definition) is 6. The summed E-state index contributed by atoms with van der Waals surface area (Å²) in [6.07, 6.45) is 4.36. The number of rotatable bonds is 4. The lowest BCUT2D eigenvalue weighted by Crippen LogP contribution is -2.57. The minimum atomic E-state index is -1.63. The van der Waals surface area contributed by atoms with Gasteiger partial charge in [0.15, 0.2) is 0 Å². The number of amides is 2. The Hall–Kier alpha value is -2.94. The molecule has 0 radical (unpaired) electrons. The second-order valence-corrected chi connectivity index (χ2v) is 6.02. The molecule has 4 rings (SSSR count). The predicted molar refractivity (Wildman–Crippen MR) is 77.4 cm³/mol. The summed E-state index contributed by atoms with van der Waals surface area (Å²) >= 11 is 0. The molecule has 2 aromatic heterocycles. The number of carbonyl (C=O) groups excluding carboxylic acids is 2. The number of carbonyl (C=O) groups is 3. The first-order chi connectivity index (χ1) is 11.5. The van der Waals surface area contributed by atoms with E-state index in [1.54, 1.807) is 12.1 Å². The fraction of sp³-hybridized carbons (Fsp3) is 0.333. The highest BCUT2D eigenvalue weighted by atomic mass is 16.4. The highest BCUT2D eigenvalue weighted by Gasteiger charge is 2.67. The molecule has 4 atom stereocenters. The van der Waals surface area contributed by atoms with Crippen molar-refractivity contribution in [2.75, 3.05) is 0 Å². The lowest BCUT2D eigenvalue weighted by molar-refractivity contribution is -0.149. The first-order valence-corrected chi connectivity index (χ1v) is 7.39. The van der Waals surface area contributed by atoms with Gasteiger partial charge in [-0.1, -0.05) is 0 Å². The van der Waals surface area contributed by atoms with Crippen molar-refractivity contribution in [2.24, 2.45) is 11.8 Å². The number of imide groups is 1. The maximum Gasteiger partial charge on any atom is 0.325 e. The van der Waals surface area contributed by atoms with Crippen LogP contribution in [0.1, 0.15) is 17.5 Å². The molecule has 2 aliphatic rings. The second kappa shape index (κ2) is 5.03. The standard InChI is InChI=1S/C15H14N4O5/c20-12-9-10(13(21)18-12)15(14(22)23,4-7-5-16-6-17-7)19-11(9)8-2-1-3-24-8/h1-3,5-6,9-11,19H,4H2,(H,16,17)(H,22,23)(H,18,20,21)/t9-,10-,11?,15?/m1/s1. The summed E-state index contributed by atoms with van der Waals surface area (Å²) in [5.41, 5.74) is -1.08. The van der Waals surface area contributed by atoms with Gasteiger partial charge in [-0.3, -0.25) is 25.0 Å². The molecule has 2 unspecified atom stereocenters. The van der Waals surface area contributed by atoms with Crippen molar-refractivity contribution in [3.8, 4) is 0 Å². The number of aliphatic carboxylic acids is 1. The molecule has 9 heteroatoms. The van der Waals surface area contributed by atoms with Gasteiger partial charge in [-0.15, -0.1) is 0 Å². The molecule has 0 bridgehead atoms. The Morgan fingerprint density at radius 2 is 2.21 bits per heavy atom. The van der Waals surface area contributed by atoms with Gasteiger partial charge >= 0.3 is 5.97 Å². The van der Waals surface area contributed by atoms with E-state index in [9.17, 15) is 19.5 Å². The van der Waals surface area contributed by atoms with Crippen LogP contribution in [0.3, 0.4) is 0 Å². The molecule has 0 aliphatic carbocycles. The number of hydrogen-bond donors (Lipinski definition) is 4. The monoisotopic (exact) mass is 330 g/mol. The van der Waals surface area contributed by atoms with Crippen LogP contribution >= 0.6 is 0 Å². The third-order valence-corrected chi connectivity index (χ3v) is 4.75. The Morgan fingerprint density at radius 1 is 1.38 bits per heavy atom. The third kappa shape index (κ3) is 1.91. The van der Waals surface area contributed by atoms with E-state index in [4.69, 9.17) is 4.42 Å². The number of aromatic nitrogens is 2. The Kier molecular flexibility index (Phi) is 3.07. The molecule has 0 spiro atoms. The fourth-order valence-electron chi connectivity index (χ4n) is 3.76. The summed E-state index contributed by atoms with van der Waals surface area (Å²) in [6, 6.07) is 2.60. The molecule has 2 aromatic rings. The molecule has 0 saturated carbocycles. The van der Waals surface area contributed by atoms with Crippen molar-refractivity contribution < 1.29 is 23.9 Å². The van der Waals surface area contributed by atoms with Crippen LogP contribution in [0.4, 0.5) is 0 Å². The number of carboxylic acid groups (broad SMARTS) is 1. The molecule has 9 nitrogen and oxygen atoms in total. The van der Waals surface area contributed by atoms with Crippen LogP contribution in [0.5, 0.6) is 0 Å². The van der Waals surface area contributed by atoms with Crippen molar-refractivity contribution in [1.29, 1.82) is 0 Å². The highest BCUT2D eigenvalue weighted by Crippen LogP contribution is 2.47. The highest BCUT2D eigenvalue weighted by molar-refractivity contribution is 6.09. The zero-order valence-corrected chi connectivity index (χ0v) is 12.4. The van der Waals surface area contributed by atoms with Crippen LogP contribution in [-0.2, 0) is 20.8 Å². The van der Waals surface area contributed by atoms with Crippen LogP contribution in [0.25, 0.3) is 0 Å². The number of nitrogens with one attached hydrogen (secondary N) is 3. The molecule has 124 valence electrons. The SMILES string of the molecule is O=C1NC(=O)[C@H]2[C@@H]1C(c1ccco1)NC2(Cc1cnc[nH]1)C(=O)O. The molecule has 0 aromatic carbocycles. The van der Waals surface area contributed by atoms with Gasteiger partial charge in [0.05, 0.1) is 30.5 Å². The number of fused-ring (bicyclic) bond motifs is 1. The van der Waals surface area contributed by atoms with Gasteiger partial charge < -0.3 is 14.5 Å². The largest absolute Gasteiger partial charge is 0.480 e. The number of nitrogens with zero attached hydrogens (tertiary/aromatic N) is 1. The van der Waals surface area contributed by atoms with E-state index in [1.165, 1.54) is 18.8 Å².